The zero-order chi connectivity index (χ0) is 12.9. The monoisotopic (exact) mass is 232 g/mol. The lowest BCUT2D eigenvalue weighted by Gasteiger charge is -1.99. The van der Waals surface area contributed by atoms with Crippen molar-refractivity contribution < 1.29 is 4.79 Å². The van der Waals surface area contributed by atoms with Gasteiger partial charge in [-0.3, -0.25) is 4.79 Å². The first kappa shape index (κ1) is 15.6. The lowest BCUT2D eigenvalue weighted by molar-refractivity contribution is -0.104. The summed E-state index contributed by atoms with van der Waals surface area (Å²) in [5.74, 6) is 1.16. The highest BCUT2D eigenvalue weighted by atomic mass is 16.1. The van der Waals surface area contributed by atoms with E-state index < -0.39 is 0 Å². The van der Waals surface area contributed by atoms with Crippen LogP contribution in [0.15, 0.2) is 48.6 Å². The van der Waals surface area contributed by atoms with Gasteiger partial charge in [0.1, 0.15) is 6.29 Å². The molecule has 0 bridgehead atoms. The van der Waals surface area contributed by atoms with Crippen LogP contribution in [0.25, 0.3) is 0 Å². The van der Waals surface area contributed by atoms with E-state index in [0.717, 1.165) is 12.7 Å². The topological polar surface area (TPSA) is 17.1 Å². The van der Waals surface area contributed by atoms with E-state index in [1.165, 1.54) is 12.5 Å². The Labute approximate surface area is 106 Å². The predicted molar refractivity (Wildman–Crippen MR) is 75.9 cm³/mol. The van der Waals surface area contributed by atoms with Gasteiger partial charge in [0.15, 0.2) is 0 Å². The Bertz CT molecular complexity index is 295. The quantitative estimate of drug-likeness (QED) is 0.342. The Morgan fingerprint density at radius 3 is 2.18 bits per heavy atom. The first-order valence-electron chi connectivity index (χ1n) is 6.32. The number of aldehydes is 1. The van der Waals surface area contributed by atoms with Gasteiger partial charge in [0.2, 0.25) is 0 Å². The standard InChI is InChI=1S/C16H24O/c1-4-15(2)11-7-5-8-12-16(3)13-9-6-10-14-17/h5-11,13-16H,4,12H2,1-3H3/b8-5-,10-6+,11-7+,13-9+/t15-,16-/m1/s1. The minimum absolute atomic E-state index is 0.500. The summed E-state index contributed by atoms with van der Waals surface area (Å²) >= 11 is 0. The molecule has 1 nitrogen and oxygen atoms in total. The third-order valence-electron chi connectivity index (χ3n) is 2.58. The molecule has 0 N–H and O–H groups in total. The maximum atomic E-state index is 10.0. The Morgan fingerprint density at radius 1 is 0.882 bits per heavy atom. The molecule has 0 aliphatic heterocycles. The van der Waals surface area contributed by atoms with E-state index in [-0.39, 0.29) is 0 Å². The highest BCUT2D eigenvalue weighted by molar-refractivity contribution is 5.65. The molecule has 0 spiro atoms. The Hall–Kier alpha value is -1.37. The summed E-state index contributed by atoms with van der Waals surface area (Å²) in [7, 11) is 0. The van der Waals surface area contributed by atoms with Crippen LogP contribution in [0.1, 0.15) is 33.6 Å². The highest BCUT2D eigenvalue weighted by Gasteiger charge is 1.91. The van der Waals surface area contributed by atoms with Crippen molar-refractivity contribution in [2.45, 2.75) is 33.6 Å². The van der Waals surface area contributed by atoms with Gasteiger partial charge in [0, 0.05) is 0 Å². The van der Waals surface area contributed by atoms with Crippen molar-refractivity contribution >= 4 is 6.29 Å². The summed E-state index contributed by atoms with van der Waals surface area (Å²) in [6.45, 7) is 6.57. The van der Waals surface area contributed by atoms with Crippen molar-refractivity contribution in [2.75, 3.05) is 0 Å². The van der Waals surface area contributed by atoms with Crippen LogP contribution in [0.3, 0.4) is 0 Å². The summed E-state index contributed by atoms with van der Waals surface area (Å²) in [6.07, 6.45) is 18.9. The van der Waals surface area contributed by atoms with Crippen LogP contribution >= 0.6 is 0 Å². The van der Waals surface area contributed by atoms with Crippen molar-refractivity contribution in [2.24, 2.45) is 11.8 Å². The average Bonchev–Trinajstić information content (AvgIpc) is 2.34. The molecular formula is C16H24O. The molecule has 0 aliphatic carbocycles. The molecule has 0 unspecified atom stereocenters. The molecule has 0 rings (SSSR count). The van der Waals surface area contributed by atoms with E-state index in [0.29, 0.717) is 11.8 Å². The number of carbonyl (C=O) groups excluding carboxylic acids is 1. The van der Waals surface area contributed by atoms with Crippen molar-refractivity contribution in [3.63, 3.8) is 0 Å². The molecule has 1 heteroatoms. The molecular weight excluding hydrogens is 208 g/mol. The maximum absolute atomic E-state index is 10.0. The predicted octanol–water partition coefficient (Wildman–Crippen LogP) is 4.48. The summed E-state index contributed by atoms with van der Waals surface area (Å²) in [5.41, 5.74) is 0. The van der Waals surface area contributed by atoms with E-state index >= 15 is 0 Å². The Morgan fingerprint density at radius 2 is 1.53 bits per heavy atom. The first-order valence-corrected chi connectivity index (χ1v) is 6.32. The molecule has 0 aromatic heterocycles. The first-order chi connectivity index (χ1) is 8.20. The van der Waals surface area contributed by atoms with E-state index in [1.807, 2.05) is 6.08 Å². The molecule has 0 aromatic rings. The lowest BCUT2D eigenvalue weighted by atomic mass is 10.1. The third kappa shape index (κ3) is 10.9. The zero-order valence-electron chi connectivity index (χ0n) is 11.2. The fourth-order valence-corrected chi connectivity index (χ4v) is 1.20. The van der Waals surface area contributed by atoms with Crippen LogP contribution < -0.4 is 0 Å². The molecule has 0 heterocycles. The number of hydrogen-bond donors (Lipinski definition) is 0. The van der Waals surface area contributed by atoms with Gasteiger partial charge in [-0.1, -0.05) is 69.7 Å². The van der Waals surface area contributed by atoms with Crippen LogP contribution in [0.4, 0.5) is 0 Å². The highest BCUT2D eigenvalue weighted by Crippen LogP contribution is 2.06. The Balaban J connectivity index is 3.83. The molecule has 0 radical (unpaired) electrons. The molecule has 2 atom stereocenters. The van der Waals surface area contributed by atoms with Gasteiger partial charge in [0.25, 0.3) is 0 Å². The minimum Gasteiger partial charge on any atom is -0.299 e. The van der Waals surface area contributed by atoms with Gasteiger partial charge < -0.3 is 0 Å². The second-order valence-corrected chi connectivity index (χ2v) is 4.32. The molecule has 0 fully saturated rings. The number of rotatable bonds is 8. The van der Waals surface area contributed by atoms with Crippen LogP contribution in [0, 0.1) is 11.8 Å². The van der Waals surface area contributed by atoms with Gasteiger partial charge in [-0.15, -0.1) is 0 Å². The van der Waals surface area contributed by atoms with Crippen molar-refractivity contribution in [3.8, 4) is 0 Å². The smallest absolute Gasteiger partial charge is 0.142 e. The number of carbonyl (C=O) groups is 1. The van der Waals surface area contributed by atoms with Gasteiger partial charge in [-0.25, -0.2) is 0 Å². The maximum Gasteiger partial charge on any atom is 0.142 e. The zero-order valence-corrected chi connectivity index (χ0v) is 11.2. The summed E-state index contributed by atoms with van der Waals surface area (Å²) in [5, 5.41) is 0. The van der Waals surface area contributed by atoms with Crippen molar-refractivity contribution in [1.29, 1.82) is 0 Å². The van der Waals surface area contributed by atoms with Crippen molar-refractivity contribution in [1.82, 2.24) is 0 Å². The average molecular weight is 232 g/mol. The molecule has 0 saturated heterocycles. The van der Waals surface area contributed by atoms with Gasteiger partial charge in [-0.2, -0.15) is 0 Å². The second-order valence-electron chi connectivity index (χ2n) is 4.32. The van der Waals surface area contributed by atoms with Gasteiger partial charge >= 0.3 is 0 Å². The minimum atomic E-state index is 0.500. The molecule has 0 aromatic carbocycles. The van der Waals surface area contributed by atoms with E-state index in [9.17, 15) is 4.79 Å². The Kier molecular flexibility index (Phi) is 10.2. The fourth-order valence-electron chi connectivity index (χ4n) is 1.20. The summed E-state index contributed by atoms with van der Waals surface area (Å²) < 4.78 is 0. The molecule has 17 heavy (non-hydrogen) atoms. The van der Waals surface area contributed by atoms with Crippen molar-refractivity contribution in [3.05, 3.63) is 48.6 Å². The molecule has 0 saturated carbocycles. The third-order valence-corrected chi connectivity index (χ3v) is 2.58. The molecule has 94 valence electrons. The van der Waals surface area contributed by atoms with Crippen LogP contribution in [-0.2, 0) is 4.79 Å². The number of allylic oxidation sites excluding steroid dienone is 8. The fraction of sp³-hybridized carbons (Fsp3) is 0.438. The second kappa shape index (κ2) is 11.1. The normalized spacial score (nSPS) is 16.4. The summed E-state index contributed by atoms with van der Waals surface area (Å²) in [4.78, 5) is 10.0. The largest absolute Gasteiger partial charge is 0.299 e. The van der Waals surface area contributed by atoms with Crippen LogP contribution in [0.5, 0.6) is 0 Å². The van der Waals surface area contributed by atoms with E-state index in [4.69, 9.17) is 0 Å². The van der Waals surface area contributed by atoms with E-state index in [2.05, 4.69) is 51.2 Å². The molecule has 0 aliphatic rings. The van der Waals surface area contributed by atoms with Crippen LogP contribution in [-0.4, -0.2) is 6.29 Å². The summed E-state index contributed by atoms with van der Waals surface area (Å²) in [6, 6.07) is 0. The lowest BCUT2D eigenvalue weighted by Crippen LogP contribution is -1.85. The van der Waals surface area contributed by atoms with Crippen LogP contribution in [0.2, 0.25) is 0 Å². The molecule has 0 amide bonds. The van der Waals surface area contributed by atoms with Gasteiger partial charge in [-0.05, 0) is 24.3 Å². The van der Waals surface area contributed by atoms with Gasteiger partial charge in [0.05, 0.1) is 0 Å². The number of hydrogen-bond acceptors (Lipinski definition) is 1. The SMILES string of the molecule is CC[C@@H](C)/C=C/C=C\C[C@@H](C)/C=C/C=C/C=O. The van der Waals surface area contributed by atoms with E-state index in [1.54, 1.807) is 6.08 Å².